The molecule has 0 aliphatic heterocycles. The Hall–Kier alpha value is -2.49. The summed E-state index contributed by atoms with van der Waals surface area (Å²) in [6.45, 7) is 1.84. The number of carbonyl (C=O) groups is 2. The van der Waals surface area contributed by atoms with Gasteiger partial charge >= 0.3 is 0 Å². The van der Waals surface area contributed by atoms with Crippen LogP contribution in [-0.2, 0) is 0 Å². The zero-order valence-corrected chi connectivity index (χ0v) is 10.6. The molecule has 4 nitrogen and oxygen atoms in total. The number of hydrogen-bond donors (Lipinski definition) is 1. The topological polar surface area (TPSA) is 59.1 Å². The molecule has 1 aromatic carbocycles. The highest BCUT2D eigenvalue weighted by Gasteiger charge is 2.09. The maximum absolute atomic E-state index is 11.8. The monoisotopic (exact) mass is 254 g/mol. The Morgan fingerprint density at radius 1 is 1.11 bits per heavy atom. The summed E-state index contributed by atoms with van der Waals surface area (Å²) < 4.78 is 0. The Morgan fingerprint density at radius 2 is 1.84 bits per heavy atom. The summed E-state index contributed by atoms with van der Waals surface area (Å²) in [7, 11) is 0. The van der Waals surface area contributed by atoms with Crippen LogP contribution < -0.4 is 5.32 Å². The van der Waals surface area contributed by atoms with Crippen molar-refractivity contribution in [2.45, 2.75) is 6.92 Å². The van der Waals surface area contributed by atoms with Crippen molar-refractivity contribution in [1.29, 1.82) is 0 Å². The van der Waals surface area contributed by atoms with Gasteiger partial charge in [0.15, 0.2) is 5.78 Å². The highest BCUT2D eigenvalue weighted by Crippen LogP contribution is 2.02. The summed E-state index contributed by atoms with van der Waals surface area (Å²) in [5, 5.41) is 2.60. The predicted molar refractivity (Wildman–Crippen MR) is 72.1 cm³/mol. The molecule has 0 saturated carbocycles. The summed E-state index contributed by atoms with van der Waals surface area (Å²) in [6, 6.07) is 10.6. The Balaban J connectivity index is 1.96. The summed E-state index contributed by atoms with van der Waals surface area (Å²) in [4.78, 5) is 27.6. The lowest BCUT2D eigenvalue weighted by molar-refractivity contribution is 0.0904. The standard InChI is InChI=1S/C15H14N2O2/c1-11-7-13(9-16-8-11)15(19)17-10-14(18)12-5-3-2-4-6-12/h2-9H,10H2,1H3,(H,17,19). The maximum atomic E-state index is 11.8. The number of pyridine rings is 1. The highest BCUT2D eigenvalue weighted by molar-refractivity contribution is 6.02. The van der Waals surface area contributed by atoms with Gasteiger partial charge in [-0.05, 0) is 18.6 Å². The van der Waals surface area contributed by atoms with Crippen LogP contribution in [0.15, 0.2) is 48.8 Å². The minimum absolute atomic E-state index is 0.0171. The lowest BCUT2D eigenvalue weighted by Crippen LogP contribution is -2.29. The van der Waals surface area contributed by atoms with Gasteiger partial charge < -0.3 is 5.32 Å². The Labute approximate surface area is 111 Å². The van der Waals surface area contributed by atoms with Gasteiger partial charge in [0.2, 0.25) is 0 Å². The van der Waals surface area contributed by atoms with Gasteiger partial charge in [0, 0.05) is 18.0 Å². The molecule has 1 amide bonds. The third kappa shape index (κ3) is 3.48. The van der Waals surface area contributed by atoms with Crippen LogP contribution in [0.1, 0.15) is 26.3 Å². The maximum Gasteiger partial charge on any atom is 0.253 e. The third-order valence-corrected chi connectivity index (χ3v) is 2.64. The minimum Gasteiger partial charge on any atom is -0.345 e. The fraction of sp³-hybridized carbons (Fsp3) is 0.133. The predicted octanol–water partition coefficient (Wildman–Crippen LogP) is 2.00. The van der Waals surface area contributed by atoms with E-state index in [1.54, 1.807) is 36.5 Å². The van der Waals surface area contributed by atoms with Crippen molar-refractivity contribution in [2.24, 2.45) is 0 Å². The number of benzene rings is 1. The van der Waals surface area contributed by atoms with Crippen LogP contribution in [0.4, 0.5) is 0 Å². The van der Waals surface area contributed by atoms with Crippen LogP contribution in [0.25, 0.3) is 0 Å². The first-order valence-corrected chi connectivity index (χ1v) is 5.95. The Morgan fingerprint density at radius 3 is 2.53 bits per heavy atom. The molecule has 0 radical (unpaired) electrons. The van der Waals surface area contributed by atoms with Crippen LogP contribution in [0.2, 0.25) is 0 Å². The average molecular weight is 254 g/mol. The number of aromatic nitrogens is 1. The molecule has 2 rings (SSSR count). The molecule has 0 fully saturated rings. The van der Waals surface area contributed by atoms with E-state index in [0.29, 0.717) is 11.1 Å². The van der Waals surface area contributed by atoms with Crippen LogP contribution in [0.5, 0.6) is 0 Å². The molecule has 0 aliphatic carbocycles. The van der Waals surface area contributed by atoms with Gasteiger partial charge in [0.05, 0.1) is 12.1 Å². The fourth-order valence-corrected chi connectivity index (χ4v) is 1.67. The lowest BCUT2D eigenvalue weighted by Gasteiger charge is -2.05. The number of nitrogens with zero attached hydrogens (tertiary/aromatic N) is 1. The Bertz CT molecular complexity index is 594. The number of ketones is 1. The van der Waals surface area contributed by atoms with E-state index in [1.807, 2.05) is 13.0 Å². The quantitative estimate of drug-likeness (QED) is 0.849. The van der Waals surface area contributed by atoms with Crippen molar-refractivity contribution in [3.8, 4) is 0 Å². The van der Waals surface area contributed by atoms with Gasteiger partial charge in [-0.3, -0.25) is 14.6 Å². The summed E-state index contributed by atoms with van der Waals surface area (Å²) in [6.07, 6.45) is 3.15. The second-order valence-corrected chi connectivity index (χ2v) is 4.22. The lowest BCUT2D eigenvalue weighted by atomic mass is 10.1. The van der Waals surface area contributed by atoms with E-state index in [9.17, 15) is 9.59 Å². The van der Waals surface area contributed by atoms with Crippen molar-refractivity contribution in [1.82, 2.24) is 10.3 Å². The second kappa shape index (κ2) is 5.91. The largest absolute Gasteiger partial charge is 0.345 e. The zero-order chi connectivity index (χ0) is 13.7. The zero-order valence-electron chi connectivity index (χ0n) is 10.6. The van der Waals surface area contributed by atoms with Crippen molar-refractivity contribution >= 4 is 11.7 Å². The van der Waals surface area contributed by atoms with E-state index >= 15 is 0 Å². The normalized spacial score (nSPS) is 9.95. The number of aryl methyl sites for hydroxylation is 1. The van der Waals surface area contributed by atoms with E-state index in [-0.39, 0.29) is 18.2 Å². The molecule has 19 heavy (non-hydrogen) atoms. The van der Waals surface area contributed by atoms with E-state index in [0.717, 1.165) is 5.56 Å². The van der Waals surface area contributed by atoms with Gasteiger partial charge in [0.25, 0.3) is 5.91 Å². The third-order valence-electron chi connectivity index (χ3n) is 2.64. The number of amides is 1. The summed E-state index contributed by atoms with van der Waals surface area (Å²) >= 11 is 0. The van der Waals surface area contributed by atoms with E-state index in [2.05, 4.69) is 10.3 Å². The minimum atomic E-state index is -0.291. The van der Waals surface area contributed by atoms with Crippen molar-refractivity contribution in [3.05, 3.63) is 65.5 Å². The van der Waals surface area contributed by atoms with Gasteiger partial charge in [-0.1, -0.05) is 30.3 Å². The summed E-state index contributed by atoms with van der Waals surface area (Å²) in [5.41, 5.74) is 1.95. The molecule has 1 N–H and O–H groups in total. The van der Waals surface area contributed by atoms with E-state index in [4.69, 9.17) is 0 Å². The first-order valence-electron chi connectivity index (χ1n) is 5.95. The highest BCUT2D eigenvalue weighted by atomic mass is 16.2. The van der Waals surface area contributed by atoms with Crippen LogP contribution in [0, 0.1) is 6.92 Å². The molecule has 1 heterocycles. The molecule has 0 bridgehead atoms. The van der Waals surface area contributed by atoms with Crippen molar-refractivity contribution in [3.63, 3.8) is 0 Å². The van der Waals surface area contributed by atoms with Crippen molar-refractivity contribution < 1.29 is 9.59 Å². The van der Waals surface area contributed by atoms with Gasteiger partial charge in [-0.25, -0.2) is 0 Å². The first kappa shape index (κ1) is 13.0. The first-order chi connectivity index (χ1) is 9.16. The molecule has 0 unspecified atom stereocenters. The number of rotatable bonds is 4. The van der Waals surface area contributed by atoms with Crippen LogP contribution in [-0.4, -0.2) is 23.2 Å². The number of hydrogen-bond acceptors (Lipinski definition) is 3. The number of nitrogens with one attached hydrogen (secondary N) is 1. The molecule has 0 aliphatic rings. The molecule has 1 aromatic heterocycles. The number of carbonyl (C=O) groups excluding carboxylic acids is 2. The van der Waals surface area contributed by atoms with Gasteiger partial charge in [-0.15, -0.1) is 0 Å². The van der Waals surface area contributed by atoms with E-state index < -0.39 is 0 Å². The SMILES string of the molecule is Cc1cncc(C(=O)NCC(=O)c2ccccc2)c1. The fourth-order valence-electron chi connectivity index (χ4n) is 1.67. The van der Waals surface area contributed by atoms with Crippen LogP contribution in [0.3, 0.4) is 0 Å². The molecule has 2 aromatic rings. The second-order valence-electron chi connectivity index (χ2n) is 4.22. The van der Waals surface area contributed by atoms with Crippen molar-refractivity contribution in [2.75, 3.05) is 6.54 Å². The molecule has 0 spiro atoms. The van der Waals surface area contributed by atoms with Crippen LogP contribution >= 0.6 is 0 Å². The average Bonchev–Trinajstić information content (AvgIpc) is 2.45. The molecule has 0 saturated heterocycles. The Kier molecular flexibility index (Phi) is 4.03. The smallest absolute Gasteiger partial charge is 0.253 e. The molecular weight excluding hydrogens is 240 g/mol. The molecule has 0 atom stereocenters. The summed E-state index contributed by atoms with van der Waals surface area (Å²) in [5.74, 6) is -0.407. The van der Waals surface area contributed by atoms with E-state index in [1.165, 1.54) is 6.20 Å². The van der Waals surface area contributed by atoms with Gasteiger partial charge in [0.1, 0.15) is 0 Å². The van der Waals surface area contributed by atoms with Gasteiger partial charge in [-0.2, -0.15) is 0 Å². The molecule has 96 valence electrons. The number of Topliss-reactive ketones (excluding diaryl/α,β-unsaturated/α-hetero) is 1. The molecule has 4 heteroatoms. The molecular formula is C15H14N2O2.